The lowest BCUT2D eigenvalue weighted by atomic mass is 10.1. The molecule has 0 bridgehead atoms. The van der Waals surface area contributed by atoms with Crippen molar-refractivity contribution in [2.75, 3.05) is 26.2 Å². The lowest BCUT2D eigenvalue weighted by Gasteiger charge is -2.34. The van der Waals surface area contributed by atoms with E-state index in [1.54, 1.807) is 23.1 Å². The van der Waals surface area contributed by atoms with E-state index in [9.17, 15) is 9.18 Å². The number of rotatable bonds is 2. The van der Waals surface area contributed by atoms with Gasteiger partial charge in [-0.3, -0.25) is 9.69 Å². The first-order valence-electron chi connectivity index (χ1n) is 6.64. The minimum absolute atomic E-state index is 0.161. The van der Waals surface area contributed by atoms with Crippen LogP contribution in [0.25, 0.3) is 0 Å². The smallest absolute Gasteiger partial charge is 0.256 e. The van der Waals surface area contributed by atoms with Crippen LogP contribution in [0.15, 0.2) is 22.7 Å². The van der Waals surface area contributed by atoms with Gasteiger partial charge in [0.15, 0.2) is 0 Å². The quantitative estimate of drug-likeness (QED) is 0.833. The predicted octanol–water partition coefficient (Wildman–Crippen LogP) is 2.51. The van der Waals surface area contributed by atoms with Gasteiger partial charge >= 0.3 is 0 Å². The van der Waals surface area contributed by atoms with Gasteiger partial charge in [0, 0.05) is 32.2 Å². The van der Waals surface area contributed by atoms with Crippen LogP contribution in [0, 0.1) is 5.82 Å². The van der Waals surface area contributed by atoms with Crippen molar-refractivity contribution in [2.45, 2.75) is 18.9 Å². The number of carbonyl (C=O) groups is 1. The third-order valence-electron chi connectivity index (χ3n) is 3.85. The molecule has 102 valence electrons. The van der Waals surface area contributed by atoms with E-state index in [0.29, 0.717) is 17.6 Å². The van der Waals surface area contributed by atoms with Crippen molar-refractivity contribution < 1.29 is 9.18 Å². The van der Waals surface area contributed by atoms with Crippen LogP contribution in [-0.4, -0.2) is 47.9 Å². The lowest BCUT2D eigenvalue weighted by molar-refractivity contribution is 0.0622. The van der Waals surface area contributed by atoms with E-state index in [1.165, 1.54) is 12.8 Å². The third-order valence-corrected chi connectivity index (χ3v) is 4.46. The number of amides is 1. The van der Waals surface area contributed by atoms with Crippen LogP contribution >= 0.6 is 15.9 Å². The van der Waals surface area contributed by atoms with E-state index < -0.39 is 5.82 Å². The fourth-order valence-electron chi connectivity index (χ4n) is 2.57. The molecule has 1 saturated carbocycles. The first-order valence-corrected chi connectivity index (χ1v) is 7.43. The van der Waals surface area contributed by atoms with Crippen LogP contribution in [0.1, 0.15) is 23.2 Å². The molecule has 1 heterocycles. The summed E-state index contributed by atoms with van der Waals surface area (Å²) in [6.07, 6.45) is 2.57. The maximum absolute atomic E-state index is 13.9. The van der Waals surface area contributed by atoms with E-state index in [4.69, 9.17) is 0 Å². The normalized spacial score (nSPS) is 20.6. The zero-order valence-electron chi connectivity index (χ0n) is 10.6. The predicted molar refractivity (Wildman–Crippen MR) is 74.6 cm³/mol. The summed E-state index contributed by atoms with van der Waals surface area (Å²) in [5, 5.41) is 0. The molecule has 19 heavy (non-hydrogen) atoms. The zero-order valence-corrected chi connectivity index (χ0v) is 12.2. The Morgan fingerprint density at radius 3 is 2.53 bits per heavy atom. The highest BCUT2D eigenvalue weighted by molar-refractivity contribution is 9.10. The molecule has 5 heteroatoms. The molecule has 1 aromatic carbocycles. The van der Waals surface area contributed by atoms with Gasteiger partial charge in [-0.05, 0) is 40.9 Å². The fraction of sp³-hybridized carbons (Fsp3) is 0.500. The lowest BCUT2D eigenvalue weighted by Crippen LogP contribution is -2.49. The molecule has 0 atom stereocenters. The van der Waals surface area contributed by atoms with Crippen molar-refractivity contribution in [3.05, 3.63) is 34.1 Å². The molecule has 1 amide bonds. The molecule has 1 aromatic rings. The van der Waals surface area contributed by atoms with E-state index >= 15 is 0 Å². The van der Waals surface area contributed by atoms with Gasteiger partial charge in [-0.25, -0.2) is 4.39 Å². The Labute approximate surface area is 120 Å². The maximum Gasteiger partial charge on any atom is 0.256 e. The highest BCUT2D eigenvalue weighted by Crippen LogP contribution is 2.28. The van der Waals surface area contributed by atoms with Crippen molar-refractivity contribution >= 4 is 21.8 Å². The number of benzene rings is 1. The largest absolute Gasteiger partial charge is 0.336 e. The van der Waals surface area contributed by atoms with Crippen LogP contribution in [-0.2, 0) is 0 Å². The zero-order chi connectivity index (χ0) is 13.4. The monoisotopic (exact) mass is 326 g/mol. The van der Waals surface area contributed by atoms with Crippen molar-refractivity contribution in [3.8, 4) is 0 Å². The summed E-state index contributed by atoms with van der Waals surface area (Å²) in [7, 11) is 0. The number of carbonyl (C=O) groups excluding carboxylic acids is 1. The van der Waals surface area contributed by atoms with Gasteiger partial charge in [0.25, 0.3) is 5.91 Å². The Bertz CT molecular complexity index is 496. The van der Waals surface area contributed by atoms with E-state index in [1.807, 2.05) is 0 Å². The van der Waals surface area contributed by atoms with Gasteiger partial charge in [0.1, 0.15) is 5.82 Å². The molecule has 0 radical (unpaired) electrons. The second-order valence-corrected chi connectivity index (χ2v) is 6.02. The second-order valence-electron chi connectivity index (χ2n) is 5.16. The average Bonchev–Trinajstić information content (AvgIpc) is 3.26. The number of hydrogen-bond acceptors (Lipinski definition) is 2. The minimum Gasteiger partial charge on any atom is -0.336 e. The molecule has 0 aromatic heterocycles. The summed E-state index contributed by atoms with van der Waals surface area (Å²) in [4.78, 5) is 16.5. The molecular formula is C14H16BrFN2O. The van der Waals surface area contributed by atoms with Crippen LogP contribution in [0.4, 0.5) is 4.39 Å². The second kappa shape index (κ2) is 5.21. The van der Waals surface area contributed by atoms with Crippen LogP contribution in [0.2, 0.25) is 0 Å². The standard InChI is InChI=1S/C14H16BrFN2O/c15-12-3-1-2-11(13(12)16)14(19)18-8-6-17(7-9-18)10-4-5-10/h1-3,10H,4-9H2. The van der Waals surface area contributed by atoms with Crippen molar-refractivity contribution in [3.63, 3.8) is 0 Å². The highest BCUT2D eigenvalue weighted by atomic mass is 79.9. The summed E-state index contributed by atoms with van der Waals surface area (Å²) >= 11 is 3.12. The first-order chi connectivity index (χ1) is 9.16. The minimum atomic E-state index is -0.461. The van der Waals surface area contributed by atoms with E-state index in [0.717, 1.165) is 19.1 Å². The summed E-state index contributed by atoms with van der Waals surface area (Å²) in [5.41, 5.74) is 0.161. The van der Waals surface area contributed by atoms with Crippen LogP contribution in [0.5, 0.6) is 0 Å². The molecule has 0 spiro atoms. The van der Waals surface area contributed by atoms with Gasteiger partial charge in [-0.1, -0.05) is 6.07 Å². The Morgan fingerprint density at radius 1 is 1.21 bits per heavy atom. The number of halogens is 2. The molecule has 2 fully saturated rings. The SMILES string of the molecule is O=C(c1cccc(Br)c1F)N1CCN(C2CC2)CC1. The van der Waals surface area contributed by atoms with Gasteiger partial charge in [0.2, 0.25) is 0 Å². The van der Waals surface area contributed by atoms with E-state index in [2.05, 4.69) is 20.8 Å². The Kier molecular flexibility index (Phi) is 3.58. The molecule has 3 nitrogen and oxygen atoms in total. The highest BCUT2D eigenvalue weighted by Gasteiger charge is 2.32. The van der Waals surface area contributed by atoms with Crippen LogP contribution < -0.4 is 0 Å². The number of nitrogens with zero attached hydrogens (tertiary/aromatic N) is 2. The number of piperazine rings is 1. The fourth-order valence-corrected chi connectivity index (χ4v) is 2.94. The molecule has 1 aliphatic carbocycles. The average molecular weight is 327 g/mol. The Morgan fingerprint density at radius 2 is 1.89 bits per heavy atom. The molecule has 3 rings (SSSR count). The first kappa shape index (κ1) is 13.1. The van der Waals surface area contributed by atoms with E-state index in [-0.39, 0.29) is 11.5 Å². The molecule has 1 saturated heterocycles. The third kappa shape index (κ3) is 2.67. The Hall–Kier alpha value is -0.940. The van der Waals surface area contributed by atoms with Gasteiger partial charge in [0.05, 0.1) is 10.0 Å². The summed E-state index contributed by atoms with van der Waals surface area (Å²) in [5.74, 6) is -0.661. The molecule has 2 aliphatic rings. The molecule has 0 N–H and O–H groups in total. The van der Waals surface area contributed by atoms with Gasteiger partial charge in [-0.2, -0.15) is 0 Å². The molecule has 1 aliphatic heterocycles. The maximum atomic E-state index is 13.9. The van der Waals surface area contributed by atoms with Gasteiger partial charge in [-0.15, -0.1) is 0 Å². The topological polar surface area (TPSA) is 23.6 Å². The van der Waals surface area contributed by atoms with Gasteiger partial charge < -0.3 is 4.90 Å². The van der Waals surface area contributed by atoms with Crippen molar-refractivity contribution in [2.24, 2.45) is 0 Å². The Balaban J connectivity index is 1.69. The van der Waals surface area contributed by atoms with Crippen molar-refractivity contribution in [1.29, 1.82) is 0 Å². The molecular weight excluding hydrogens is 311 g/mol. The van der Waals surface area contributed by atoms with Crippen LogP contribution in [0.3, 0.4) is 0 Å². The number of hydrogen-bond donors (Lipinski definition) is 0. The summed E-state index contributed by atoms with van der Waals surface area (Å²) in [6, 6.07) is 5.59. The molecule has 0 unspecified atom stereocenters. The summed E-state index contributed by atoms with van der Waals surface area (Å²) < 4.78 is 14.3. The van der Waals surface area contributed by atoms with Crippen molar-refractivity contribution in [1.82, 2.24) is 9.80 Å². The summed E-state index contributed by atoms with van der Waals surface area (Å²) in [6.45, 7) is 3.21.